The summed E-state index contributed by atoms with van der Waals surface area (Å²) in [5, 5.41) is 0. The van der Waals surface area contributed by atoms with Crippen molar-refractivity contribution in [3.63, 3.8) is 0 Å². The maximum Gasteiger partial charge on any atom is 0.407 e. The van der Waals surface area contributed by atoms with Crippen LogP contribution in [-0.2, 0) is 9.59 Å². The predicted molar refractivity (Wildman–Crippen MR) is 102 cm³/mol. The predicted octanol–water partition coefficient (Wildman–Crippen LogP) is 0.354. The number of urea groups is 1. The molecule has 1 saturated heterocycles. The number of nitrogens with zero attached hydrogens (tertiary/aromatic N) is 5. The van der Waals surface area contributed by atoms with Crippen molar-refractivity contribution in [1.29, 1.82) is 0 Å². The molecular formula is C19H21N6O4+. The fourth-order valence-corrected chi connectivity index (χ4v) is 3.76. The van der Waals surface area contributed by atoms with E-state index in [-0.39, 0.29) is 0 Å². The topological polar surface area (TPSA) is 114 Å². The Bertz CT molecular complexity index is 1100. The molecule has 1 unspecified atom stereocenters. The van der Waals surface area contributed by atoms with Crippen molar-refractivity contribution in [2.45, 2.75) is 19.9 Å². The van der Waals surface area contributed by atoms with Crippen LogP contribution in [0.3, 0.4) is 0 Å². The molecule has 10 heteroatoms. The van der Waals surface area contributed by atoms with Gasteiger partial charge in [0.15, 0.2) is 5.75 Å². The van der Waals surface area contributed by atoms with Crippen LogP contribution in [0.2, 0.25) is 0 Å². The maximum atomic E-state index is 13.0. The normalized spacial score (nSPS) is 17.9. The Hall–Kier alpha value is -3.69. The lowest BCUT2D eigenvalue weighted by Crippen LogP contribution is -2.63. The monoisotopic (exact) mass is 397 g/mol. The lowest BCUT2D eigenvalue weighted by Gasteiger charge is -2.32. The number of amidine groups is 1. The third-order valence-electron chi connectivity index (χ3n) is 5.10. The van der Waals surface area contributed by atoms with E-state index in [1.807, 2.05) is 36.6 Å². The Morgan fingerprint density at radius 3 is 2.69 bits per heavy atom. The highest BCUT2D eigenvalue weighted by molar-refractivity contribution is 6.19. The molecule has 0 aliphatic carbocycles. The highest BCUT2D eigenvalue weighted by Gasteiger charge is 2.53. The van der Waals surface area contributed by atoms with Gasteiger partial charge in [-0.2, -0.15) is 4.57 Å². The van der Waals surface area contributed by atoms with Crippen molar-refractivity contribution in [2.24, 2.45) is 10.7 Å². The van der Waals surface area contributed by atoms with Gasteiger partial charge in [-0.15, -0.1) is 0 Å². The molecule has 2 aliphatic rings. The second-order valence-electron chi connectivity index (χ2n) is 7.09. The highest BCUT2D eigenvalue weighted by Crippen LogP contribution is 2.34. The number of fused-ring (bicyclic) bond motifs is 3. The Balaban J connectivity index is 1.88. The Kier molecular flexibility index (Phi) is 4.14. The van der Waals surface area contributed by atoms with E-state index in [2.05, 4.69) is 4.99 Å². The third kappa shape index (κ3) is 2.67. The summed E-state index contributed by atoms with van der Waals surface area (Å²) in [5.74, 6) is 0.139. The van der Waals surface area contributed by atoms with Crippen molar-refractivity contribution in [3.05, 3.63) is 35.7 Å². The van der Waals surface area contributed by atoms with Crippen molar-refractivity contribution in [2.75, 3.05) is 20.7 Å². The molecule has 2 aromatic rings. The molecule has 1 atom stereocenters. The van der Waals surface area contributed by atoms with Crippen LogP contribution in [-0.4, -0.2) is 58.8 Å². The molecule has 4 amide bonds. The van der Waals surface area contributed by atoms with Gasteiger partial charge in [0.1, 0.15) is 24.1 Å². The lowest BCUT2D eigenvalue weighted by atomic mass is 10.1. The first kappa shape index (κ1) is 18.7. The van der Waals surface area contributed by atoms with Gasteiger partial charge in [-0.1, -0.05) is 11.1 Å². The first-order chi connectivity index (χ1) is 13.7. The Labute approximate surface area is 166 Å². The average Bonchev–Trinajstić information content (AvgIpc) is 3.17. The molecule has 29 heavy (non-hydrogen) atoms. The third-order valence-corrected chi connectivity index (χ3v) is 5.10. The van der Waals surface area contributed by atoms with E-state index in [4.69, 9.17) is 10.5 Å². The summed E-state index contributed by atoms with van der Waals surface area (Å²) in [4.78, 5) is 43.7. The number of aliphatic imine (C=N–C) groups is 1. The molecule has 0 radical (unpaired) electrons. The van der Waals surface area contributed by atoms with Crippen LogP contribution in [0.5, 0.6) is 5.75 Å². The van der Waals surface area contributed by atoms with Crippen LogP contribution in [0.15, 0.2) is 29.4 Å². The van der Waals surface area contributed by atoms with Crippen molar-refractivity contribution in [1.82, 2.24) is 14.4 Å². The molecule has 0 saturated carbocycles. The summed E-state index contributed by atoms with van der Waals surface area (Å²) in [5.41, 5.74) is 7.86. The summed E-state index contributed by atoms with van der Waals surface area (Å²) >= 11 is 0. The highest BCUT2D eigenvalue weighted by atomic mass is 16.5. The number of imide groups is 1. The molecule has 0 spiro atoms. The Morgan fingerprint density at radius 2 is 2.03 bits per heavy atom. The summed E-state index contributed by atoms with van der Waals surface area (Å²) in [6.45, 7) is 3.39. The van der Waals surface area contributed by atoms with Gasteiger partial charge in [0.2, 0.25) is 17.8 Å². The van der Waals surface area contributed by atoms with Crippen LogP contribution in [0.1, 0.15) is 17.3 Å². The van der Waals surface area contributed by atoms with E-state index >= 15 is 0 Å². The zero-order valence-electron chi connectivity index (χ0n) is 16.5. The fraction of sp³-hybridized carbons (Fsp3) is 0.316. The maximum absolute atomic E-state index is 13.0. The van der Waals surface area contributed by atoms with Gasteiger partial charge < -0.3 is 10.5 Å². The number of carbonyl (C=O) groups excluding carboxylic acids is 3. The van der Waals surface area contributed by atoms with E-state index in [0.717, 1.165) is 21.8 Å². The number of hydrogen-bond acceptors (Lipinski definition) is 5. The fourth-order valence-electron chi connectivity index (χ4n) is 3.76. The van der Waals surface area contributed by atoms with E-state index in [9.17, 15) is 14.4 Å². The van der Waals surface area contributed by atoms with Crippen LogP contribution >= 0.6 is 0 Å². The van der Waals surface area contributed by atoms with Crippen molar-refractivity contribution < 1.29 is 23.7 Å². The zero-order valence-corrected chi connectivity index (χ0v) is 16.5. The summed E-state index contributed by atoms with van der Waals surface area (Å²) in [7, 11) is 3.11. The van der Waals surface area contributed by atoms with E-state index in [1.54, 1.807) is 17.9 Å². The number of aryl methyl sites for hydroxylation is 2. The van der Waals surface area contributed by atoms with Crippen molar-refractivity contribution >= 4 is 29.6 Å². The SMILES string of the molecule is COc1ccc(C)cc1-n1c(C)c[n+]2c1N=C1C2C(=O)N(CC(N)=O)C(=O)N1C. The molecule has 1 fully saturated rings. The molecule has 1 aromatic heterocycles. The minimum absolute atomic E-state index is 0.302. The first-order valence-electron chi connectivity index (χ1n) is 8.99. The van der Waals surface area contributed by atoms with Crippen molar-refractivity contribution in [3.8, 4) is 11.4 Å². The number of imidazole rings is 1. The number of carbonyl (C=O) groups is 3. The van der Waals surface area contributed by atoms with Gasteiger partial charge in [0.25, 0.3) is 5.91 Å². The minimum Gasteiger partial charge on any atom is -0.493 e. The smallest absolute Gasteiger partial charge is 0.407 e. The standard InChI is InChI=1S/C19H20N6O4/c1-10-5-6-13(29-4)12(7-10)25-11(2)8-23-15-16(21-18(23)25)22(3)19(28)24(17(15)27)9-14(20)26/h5-8,15H,9H2,1-4H3,(H-,20,26)/p+1. The van der Waals surface area contributed by atoms with Gasteiger partial charge in [-0.25, -0.2) is 9.36 Å². The molecule has 150 valence electrons. The summed E-state index contributed by atoms with van der Waals surface area (Å²) in [6, 6.07) is 4.29. The lowest BCUT2D eigenvalue weighted by molar-refractivity contribution is -0.676. The number of aromatic nitrogens is 2. The molecule has 3 heterocycles. The number of amides is 4. The van der Waals surface area contributed by atoms with Crippen LogP contribution in [0.25, 0.3) is 5.69 Å². The molecule has 0 bridgehead atoms. The second-order valence-corrected chi connectivity index (χ2v) is 7.09. The van der Waals surface area contributed by atoms with Gasteiger partial charge in [-0.05, 0) is 31.5 Å². The largest absolute Gasteiger partial charge is 0.493 e. The quantitative estimate of drug-likeness (QED) is 0.750. The first-order valence-corrected chi connectivity index (χ1v) is 8.99. The molecule has 10 nitrogen and oxygen atoms in total. The number of likely N-dealkylation sites (N-methyl/N-ethyl adjacent to an activating group) is 1. The Morgan fingerprint density at radius 1 is 1.31 bits per heavy atom. The number of benzene rings is 1. The van der Waals surface area contributed by atoms with Gasteiger partial charge in [0.05, 0.1) is 7.11 Å². The summed E-state index contributed by atoms with van der Waals surface area (Å²) in [6.07, 6.45) is 1.79. The molecular weight excluding hydrogens is 376 g/mol. The van der Waals surface area contributed by atoms with Gasteiger partial charge >= 0.3 is 12.0 Å². The minimum atomic E-state index is -0.845. The average molecular weight is 397 g/mol. The molecule has 1 aromatic carbocycles. The van der Waals surface area contributed by atoms with E-state index in [1.165, 1.54) is 11.9 Å². The number of ether oxygens (including phenoxy) is 1. The van der Waals surface area contributed by atoms with E-state index < -0.39 is 30.4 Å². The van der Waals surface area contributed by atoms with Crippen LogP contribution in [0, 0.1) is 13.8 Å². The number of methoxy groups -OCH3 is 1. The number of hydrogen-bond donors (Lipinski definition) is 1. The van der Waals surface area contributed by atoms with E-state index in [0.29, 0.717) is 17.5 Å². The molecule has 2 aliphatic heterocycles. The van der Waals surface area contributed by atoms with Gasteiger partial charge in [-0.3, -0.25) is 19.4 Å². The zero-order chi connectivity index (χ0) is 21.0. The second kappa shape index (κ2) is 6.43. The summed E-state index contributed by atoms with van der Waals surface area (Å²) < 4.78 is 9.08. The van der Waals surface area contributed by atoms with Gasteiger partial charge in [0, 0.05) is 7.05 Å². The van der Waals surface area contributed by atoms with Crippen LogP contribution in [0.4, 0.5) is 10.7 Å². The number of rotatable bonds is 4. The van der Waals surface area contributed by atoms with Crippen LogP contribution < -0.4 is 15.0 Å². The number of nitrogens with two attached hydrogens (primary N) is 1. The molecule has 2 N–H and O–H groups in total. The number of primary amides is 1. The molecule has 4 rings (SSSR count).